The first-order valence-electron chi connectivity index (χ1n) is 5.66. The molecule has 0 bridgehead atoms. The van der Waals surface area contributed by atoms with Gasteiger partial charge in [0.25, 0.3) is 0 Å². The normalized spacial score (nSPS) is 11.0. The Kier molecular flexibility index (Phi) is 4.98. The predicted molar refractivity (Wildman–Crippen MR) is 71.9 cm³/mol. The van der Waals surface area contributed by atoms with Gasteiger partial charge >= 0.3 is 0 Å². The van der Waals surface area contributed by atoms with E-state index in [1.54, 1.807) is 12.1 Å². The van der Waals surface area contributed by atoms with Crippen LogP contribution in [0.3, 0.4) is 0 Å². The lowest BCUT2D eigenvalue weighted by molar-refractivity contribution is 0.206. The molecule has 2 N–H and O–H groups in total. The van der Waals surface area contributed by atoms with Crippen molar-refractivity contribution in [2.45, 2.75) is 32.2 Å². The van der Waals surface area contributed by atoms with Gasteiger partial charge in [0.15, 0.2) is 0 Å². The van der Waals surface area contributed by atoms with Crippen molar-refractivity contribution in [1.29, 1.82) is 5.26 Å². The van der Waals surface area contributed by atoms with Gasteiger partial charge in [-0.25, -0.2) is 0 Å². The second-order valence-corrected chi connectivity index (χ2v) is 5.03. The van der Waals surface area contributed by atoms with Gasteiger partial charge in [-0.3, -0.25) is 0 Å². The minimum Gasteiger partial charge on any atom is -0.490 e. The van der Waals surface area contributed by atoms with E-state index in [-0.39, 0.29) is 5.54 Å². The summed E-state index contributed by atoms with van der Waals surface area (Å²) < 4.78 is 6.53. The fraction of sp³-hybridized carbons (Fsp3) is 0.462. The first-order chi connectivity index (χ1) is 8.04. The van der Waals surface area contributed by atoms with Crippen LogP contribution >= 0.6 is 15.9 Å². The quantitative estimate of drug-likeness (QED) is 0.907. The molecule has 0 saturated carbocycles. The van der Waals surface area contributed by atoms with E-state index in [1.807, 2.05) is 19.9 Å². The number of hydrogen-bond acceptors (Lipinski definition) is 3. The summed E-state index contributed by atoms with van der Waals surface area (Å²) in [6, 6.07) is 7.49. The fourth-order valence-electron chi connectivity index (χ4n) is 1.39. The van der Waals surface area contributed by atoms with Crippen molar-refractivity contribution in [3.63, 3.8) is 0 Å². The van der Waals surface area contributed by atoms with Gasteiger partial charge in [0.1, 0.15) is 18.4 Å². The molecule has 1 aromatic rings. The summed E-state index contributed by atoms with van der Waals surface area (Å²) in [7, 11) is 0. The van der Waals surface area contributed by atoms with E-state index in [0.717, 1.165) is 17.3 Å². The van der Waals surface area contributed by atoms with E-state index in [0.29, 0.717) is 17.9 Å². The number of nitriles is 1. The summed E-state index contributed by atoms with van der Waals surface area (Å²) in [6.07, 6.45) is 1.70. The smallest absolute Gasteiger partial charge is 0.137 e. The predicted octanol–water partition coefficient (Wildman–Crippen LogP) is 3.22. The van der Waals surface area contributed by atoms with Gasteiger partial charge in [0, 0.05) is 10.0 Å². The second-order valence-electron chi connectivity index (χ2n) is 4.11. The Morgan fingerprint density at radius 2 is 2.06 bits per heavy atom. The molecular weight excluding hydrogens is 280 g/mol. The third-order valence-electron chi connectivity index (χ3n) is 2.99. The molecule has 0 aliphatic rings. The van der Waals surface area contributed by atoms with E-state index in [2.05, 4.69) is 22.0 Å². The molecule has 0 aromatic heterocycles. The number of hydrogen-bond donors (Lipinski definition) is 1. The highest BCUT2D eigenvalue weighted by atomic mass is 79.9. The summed E-state index contributed by atoms with van der Waals surface area (Å²) in [4.78, 5) is 0. The van der Waals surface area contributed by atoms with Crippen LogP contribution in [0.1, 0.15) is 32.3 Å². The molecule has 0 saturated heterocycles. The van der Waals surface area contributed by atoms with Gasteiger partial charge in [-0.05, 0) is 31.0 Å². The van der Waals surface area contributed by atoms with E-state index < -0.39 is 0 Å². The number of rotatable bonds is 5. The molecule has 0 atom stereocenters. The average molecular weight is 297 g/mol. The Bertz CT molecular complexity index is 422. The van der Waals surface area contributed by atoms with Crippen molar-refractivity contribution in [3.8, 4) is 11.8 Å². The van der Waals surface area contributed by atoms with Gasteiger partial charge in [0.05, 0.1) is 5.56 Å². The molecule has 17 heavy (non-hydrogen) atoms. The van der Waals surface area contributed by atoms with Gasteiger partial charge in [0.2, 0.25) is 0 Å². The zero-order valence-electron chi connectivity index (χ0n) is 10.2. The molecule has 0 aliphatic carbocycles. The van der Waals surface area contributed by atoms with Crippen LogP contribution in [0.4, 0.5) is 0 Å². The summed E-state index contributed by atoms with van der Waals surface area (Å²) >= 11 is 3.32. The Balaban J connectivity index is 2.80. The van der Waals surface area contributed by atoms with Crippen LogP contribution < -0.4 is 10.5 Å². The van der Waals surface area contributed by atoms with Crippen molar-refractivity contribution in [2.24, 2.45) is 5.73 Å². The van der Waals surface area contributed by atoms with Gasteiger partial charge in [-0.1, -0.05) is 29.8 Å². The average Bonchev–Trinajstić information content (AvgIpc) is 2.36. The molecular formula is C13H17BrN2O. The maximum absolute atomic E-state index is 9.00. The van der Waals surface area contributed by atoms with Crippen LogP contribution in [-0.2, 0) is 0 Å². The van der Waals surface area contributed by atoms with Crippen LogP contribution in [-0.4, -0.2) is 12.1 Å². The number of halogens is 1. The first kappa shape index (κ1) is 14.0. The SMILES string of the molecule is CCC(N)(CC)COc1ccc(Br)cc1C#N. The Hall–Kier alpha value is -1.05. The van der Waals surface area contributed by atoms with Crippen LogP contribution in [0.15, 0.2) is 22.7 Å². The largest absolute Gasteiger partial charge is 0.490 e. The van der Waals surface area contributed by atoms with Crippen LogP contribution in [0.2, 0.25) is 0 Å². The van der Waals surface area contributed by atoms with Crippen LogP contribution in [0, 0.1) is 11.3 Å². The van der Waals surface area contributed by atoms with E-state index in [9.17, 15) is 0 Å². The van der Waals surface area contributed by atoms with Crippen LogP contribution in [0.25, 0.3) is 0 Å². The molecule has 0 spiro atoms. The van der Waals surface area contributed by atoms with E-state index in [1.165, 1.54) is 0 Å². The number of nitrogens with two attached hydrogens (primary N) is 1. The summed E-state index contributed by atoms with van der Waals surface area (Å²) in [5, 5.41) is 9.00. The second kappa shape index (κ2) is 6.04. The van der Waals surface area contributed by atoms with Gasteiger partial charge in [-0.15, -0.1) is 0 Å². The maximum Gasteiger partial charge on any atom is 0.137 e. The molecule has 0 unspecified atom stereocenters. The van der Waals surface area contributed by atoms with Gasteiger partial charge in [-0.2, -0.15) is 5.26 Å². The molecule has 0 fully saturated rings. The van der Waals surface area contributed by atoms with Crippen LogP contribution in [0.5, 0.6) is 5.75 Å². The minimum atomic E-state index is -0.320. The third-order valence-corrected chi connectivity index (χ3v) is 3.48. The molecule has 0 heterocycles. The topological polar surface area (TPSA) is 59.0 Å². The lowest BCUT2D eigenvalue weighted by Crippen LogP contribution is -2.44. The molecule has 1 aromatic carbocycles. The monoisotopic (exact) mass is 296 g/mol. The standard InChI is InChI=1S/C13H17BrN2O/c1-3-13(16,4-2)9-17-12-6-5-11(14)7-10(12)8-15/h5-7H,3-4,9,16H2,1-2H3. The lowest BCUT2D eigenvalue weighted by Gasteiger charge is -2.26. The number of ether oxygens (including phenoxy) is 1. The highest BCUT2D eigenvalue weighted by molar-refractivity contribution is 9.10. The molecule has 0 radical (unpaired) electrons. The summed E-state index contributed by atoms with van der Waals surface area (Å²) in [5.74, 6) is 0.590. The van der Waals surface area contributed by atoms with Crippen molar-refractivity contribution < 1.29 is 4.74 Å². The fourth-order valence-corrected chi connectivity index (χ4v) is 1.75. The Morgan fingerprint density at radius 3 is 2.59 bits per heavy atom. The van der Waals surface area contributed by atoms with Crippen molar-refractivity contribution in [1.82, 2.24) is 0 Å². The first-order valence-corrected chi connectivity index (χ1v) is 6.45. The summed E-state index contributed by atoms with van der Waals surface area (Å²) in [5.41, 5.74) is 6.35. The molecule has 1 rings (SSSR count). The molecule has 3 nitrogen and oxygen atoms in total. The Morgan fingerprint density at radius 1 is 1.41 bits per heavy atom. The summed E-state index contributed by atoms with van der Waals surface area (Å²) in [6.45, 7) is 4.51. The minimum absolute atomic E-state index is 0.320. The zero-order chi connectivity index (χ0) is 12.9. The Labute approximate surface area is 111 Å². The van der Waals surface area contributed by atoms with E-state index >= 15 is 0 Å². The molecule has 0 aliphatic heterocycles. The molecule has 0 amide bonds. The third kappa shape index (κ3) is 3.72. The van der Waals surface area contributed by atoms with Crippen molar-refractivity contribution in [3.05, 3.63) is 28.2 Å². The van der Waals surface area contributed by atoms with Crippen molar-refractivity contribution in [2.75, 3.05) is 6.61 Å². The molecule has 4 heteroatoms. The highest BCUT2D eigenvalue weighted by Gasteiger charge is 2.21. The lowest BCUT2D eigenvalue weighted by atomic mass is 9.95. The number of benzene rings is 1. The highest BCUT2D eigenvalue weighted by Crippen LogP contribution is 2.24. The zero-order valence-corrected chi connectivity index (χ0v) is 11.8. The van der Waals surface area contributed by atoms with E-state index in [4.69, 9.17) is 15.7 Å². The van der Waals surface area contributed by atoms with Crippen molar-refractivity contribution >= 4 is 15.9 Å². The maximum atomic E-state index is 9.00. The number of nitrogens with zero attached hydrogens (tertiary/aromatic N) is 1. The molecule has 92 valence electrons. The van der Waals surface area contributed by atoms with Gasteiger partial charge < -0.3 is 10.5 Å².